The van der Waals surface area contributed by atoms with E-state index in [0.717, 1.165) is 18.2 Å². The number of carboxylic acids is 1. The summed E-state index contributed by atoms with van der Waals surface area (Å²) in [4.78, 5) is 10.9. The smallest absolute Gasteiger partial charge is 0.436 e. The van der Waals surface area contributed by atoms with Gasteiger partial charge in [-0.1, -0.05) is 23.2 Å². The molecule has 1 heterocycles. The molecule has 0 unspecified atom stereocenters. The van der Waals surface area contributed by atoms with Crippen LogP contribution in [-0.4, -0.2) is 20.9 Å². The summed E-state index contributed by atoms with van der Waals surface area (Å²) in [6, 6.07) is 3.01. The normalized spacial score (nSPS) is 11.7. The van der Waals surface area contributed by atoms with Gasteiger partial charge in [-0.15, -0.1) is 0 Å². The van der Waals surface area contributed by atoms with E-state index < -0.39 is 34.4 Å². The van der Waals surface area contributed by atoms with Crippen molar-refractivity contribution in [3.8, 4) is 5.69 Å². The summed E-state index contributed by atoms with van der Waals surface area (Å²) in [6.07, 6.45) is -5.02. The topological polar surface area (TPSA) is 55.1 Å². The molecule has 0 saturated carbocycles. The summed E-state index contributed by atoms with van der Waals surface area (Å²) in [5, 5.41) is 10.9. The number of aromatic carboxylic acids is 1. The monoisotopic (exact) mass is 342 g/mol. The van der Waals surface area contributed by atoms with Crippen molar-refractivity contribution < 1.29 is 27.5 Å². The van der Waals surface area contributed by atoms with Gasteiger partial charge in [-0.3, -0.25) is 0 Å². The SMILES string of the molecule is O=C(O)c1c(C(F)(F)F)nn(-c2ccc(Cl)c(F)c2)c1Cl. The highest BCUT2D eigenvalue weighted by Gasteiger charge is 2.41. The molecule has 21 heavy (non-hydrogen) atoms. The molecule has 112 valence electrons. The molecule has 0 radical (unpaired) electrons. The van der Waals surface area contributed by atoms with E-state index in [1.165, 1.54) is 0 Å². The second kappa shape index (κ2) is 5.19. The molecule has 0 saturated heterocycles. The van der Waals surface area contributed by atoms with Crippen LogP contribution in [0.2, 0.25) is 10.2 Å². The van der Waals surface area contributed by atoms with Crippen molar-refractivity contribution >= 4 is 29.2 Å². The fourth-order valence-electron chi connectivity index (χ4n) is 1.57. The van der Waals surface area contributed by atoms with Crippen LogP contribution >= 0.6 is 23.2 Å². The number of carbonyl (C=O) groups is 1. The molecule has 2 rings (SSSR count). The molecule has 0 amide bonds. The third-order valence-electron chi connectivity index (χ3n) is 2.46. The van der Waals surface area contributed by atoms with Gasteiger partial charge in [0.05, 0.1) is 10.7 Å². The molecule has 0 atom stereocenters. The molecule has 0 aliphatic rings. The number of halogens is 6. The van der Waals surface area contributed by atoms with Gasteiger partial charge >= 0.3 is 12.1 Å². The van der Waals surface area contributed by atoms with Crippen molar-refractivity contribution in [1.29, 1.82) is 0 Å². The first-order chi connectivity index (χ1) is 9.62. The van der Waals surface area contributed by atoms with Gasteiger partial charge in [0, 0.05) is 6.07 Å². The van der Waals surface area contributed by atoms with Crippen LogP contribution in [0.3, 0.4) is 0 Å². The van der Waals surface area contributed by atoms with E-state index in [1.807, 2.05) is 0 Å². The Hall–Kier alpha value is -1.80. The van der Waals surface area contributed by atoms with Crippen LogP contribution in [0.15, 0.2) is 18.2 Å². The summed E-state index contributed by atoms with van der Waals surface area (Å²) >= 11 is 11.1. The number of alkyl halides is 3. The second-order valence-corrected chi connectivity index (χ2v) is 4.59. The maximum atomic E-state index is 13.3. The van der Waals surface area contributed by atoms with E-state index in [0.29, 0.717) is 4.68 Å². The number of aromatic nitrogens is 2. The highest BCUT2D eigenvalue weighted by atomic mass is 35.5. The Labute approximate surface area is 124 Å². The molecule has 0 fully saturated rings. The predicted octanol–water partition coefficient (Wildman–Crippen LogP) is 4.04. The van der Waals surface area contributed by atoms with Crippen molar-refractivity contribution in [1.82, 2.24) is 9.78 Å². The first-order valence-electron chi connectivity index (χ1n) is 5.17. The lowest BCUT2D eigenvalue weighted by Crippen LogP contribution is -2.12. The number of hydrogen-bond donors (Lipinski definition) is 1. The Kier molecular flexibility index (Phi) is 3.85. The number of nitrogens with zero attached hydrogens (tertiary/aromatic N) is 2. The number of carboxylic acid groups (broad SMARTS) is 1. The molecule has 0 spiro atoms. The van der Waals surface area contributed by atoms with E-state index in [4.69, 9.17) is 28.3 Å². The van der Waals surface area contributed by atoms with Crippen molar-refractivity contribution in [3.05, 3.63) is 45.4 Å². The summed E-state index contributed by atoms with van der Waals surface area (Å²) in [5.74, 6) is -2.81. The van der Waals surface area contributed by atoms with E-state index in [2.05, 4.69) is 5.10 Å². The first-order valence-corrected chi connectivity index (χ1v) is 5.93. The maximum absolute atomic E-state index is 13.3. The van der Waals surface area contributed by atoms with Gasteiger partial charge < -0.3 is 5.11 Å². The first kappa shape index (κ1) is 15.6. The fraction of sp³-hybridized carbons (Fsp3) is 0.0909. The molecule has 1 aromatic carbocycles. The zero-order valence-electron chi connectivity index (χ0n) is 9.75. The van der Waals surface area contributed by atoms with Gasteiger partial charge in [0.2, 0.25) is 0 Å². The van der Waals surface area contributed by atoms with Crippen molar-refractivity contribution in [3.63, 3.8) is 0 Å². The Bertz CT molecular complexity index is 728. The van der Waals surface area contributed by atoms with Crippen LogP contribution in [0.1, 0.15) is 16.1 Å². The lowest BCUT2D eigenvalue weighted by Gasteiger charge is -2.04. The fourth-order valence-corrected chi connectivity index (χ4v) is 2.00. The second-order valence-electron chi connectivity index (χ2n) is 3.83. The van der Waals surface area contributed by atoms with Crippen LogP contribution < -0.4 is 0 Å². The van der Waals surface area contributed by atoms with Gasteiger partial charge in [-0.2, -0.15) is 18.3 Å². The lowest BCUT2D eigenvalue weighted by atomic mass is 10.2. The molecule has 2 aromatic rings. The van der Waals surface area contributed by atoms with Crippen LogP contribution in [0.4, 0.5) is 17.6 Å². The van der Waals surface area contributed by atoms with Crippen LogP contribution in [0, 0.1) is 5.82 Å². The average molecular weight is 343 g/mol. The van der Waals surface area contributed by atoms with Crippen LogP contribution in [0.5, 0.6) is 0 Å². The Morgan fingerprint density at radius 3 is 2.33 bits per heavy atom. The van der Waals surface area contributed by atoms with Gasteiger partial charge in [0.1, 0.15) is 16.5 Å². The molecule has 1 aromatic heterocycles. The summed E-state index contributed by atoms with van der Waals surface area (Å²) in [5.41, 5.74) is -3.07. The molecule has 10 heteroatoms. The van der Waals surface area contributed by atoms with E-state index in [-0.39, 0.29) is 10.7 Å². The third kappa shape index (κ3) is 2.81. The zero-order chi connectivity index (χ0) is 15.9. The molecule has 1 N–H and O–H groups in total. The van der Waals surface area contributed by atoms with Gasteiger partial charge in [0.25, 0.3) is 0 Å². The van der Waals surface area contributed by atoms with E-state index in [9.17, 15) is 22.4 Å². The number of hydrogen-bond acceptors (Lipinski definition) is 2. The van der Waals surface area contributed by atoms with Crippen molar-refractivity contribution in [2.75, 3.05) is 0 Å². The number of rotatable bonds is 2. The minimum atomic E-state index is -5.02. The molecule has 4 nitrogen and oxygen atoms in total. The summed E-state index contributed by atoms with van der Waals surface area (Å²) in [7, 11) is 0. The Balaban J connectivity index is 2.71. The third-order valence-corrected chi connectivity index (χ3v) is 3.11. The standard InChI is InChI=1S/C11H4Cl2F4N2O2/c12-5-2-1-4(3-6(5)14)19-9(13)7(10(20)21)8(18-19)11(15,16)17/h1-3H,(H,20,21). The summed E-state index contributed by atoms with van der Waals surface area (Å²) < 4.78 is 52.1. The molecule has 0 aliphatic heterocycles. The lowest BCUT2D eigenvalue weighted by molar-refractivity contribution is -0.141. The molecule has 0 aliphatic carbocycles. The van der Waals surface area contributed by atoms with Crippen LogP contribution in [-0.2, 0) is 6.18 Å². The largest absolute Gasteiger partial charge is 0.478 e. The minimum Gasteiger partial charge on any atom is -0.478 e. The number of benzene rings is 1. The molecule has 0 bridgehead atoms. The molecular formula is C11H4Cl2F4N2O2. The van der Waals surface area contributed by atoms with E-state index >= 15 is 0 Å². The van der Waals surface area contributed by atoms with Gasteiger partial charge in [0.15, 0.2) is 5.69 Å². The van der Waals surface area contributed by atoms with Gasteiger partial charge in [-0.05, 0) is 12.1 Å². The predicted molar refractivity (Wildman–Crippen MR) is 65.5 cm³/mol. The quantitative estimate of drug-likeness (QED) is 0.838. The van der Waals surface area contributed by atoms with Crippen molar-refractivity contribution in [2.24, 2.45) is 0 Å². The summed E-state index contributed by atoms with van der Waals surface area (Å²) in [6.45, 7) is 0. The Morgan fingerprint density at radius 1 is 1.29 bits per heavy atom. The maximum Gasteiger partial charge on any atom is 0.436 e. The van der Waals surface area contributed by atoms with Crippen LogP contribution in [0.25, 0.3) is 5.69 Å². The highest BCUT2D eigenvalue weighted by Crippen LogP contribution is 2.35. The van der Waals surface area contributed by atoms with Crippen molar-refractivity contribution in [2.45, 2.75) is 6.18 Å². The molecular weight excluding hydrogens is 339 g/mol. The minimum absolute atomic E-state index is 0.195. The Morgan fingerprint density at radius 2 is 1.90 bits per heavy atom. The van der Waals surface area contributed by atoms with E-state index in [1.54, 1.807) is 0 Å². The van der Waals surface area contributed by atoms with Gasteiger partial charge in [-0.25, -0.2) is 13.9 Å². The average Bonchev–Trinajstić information content (AvgIpc) is 2.70. The highest BCUT2D eigenvalue weighted by molar-refractivity contribution is 6.33. The zero-order valence-corrected chi connectivity index (χ0v) is 11.3.